The molecule has 0 amide bonds. The third-order valence-electron chi connectivity index (χ3n) is 2.06. The van der Waals surface area contributed by atoms with Crippen molar-refractivity contribution in [2.75, 3.05) is 0 Å². The summed E-state index contributed by atoms with van der Waals surface area (Å²) in [6, 6.07) is 3.44. The van der Waals surface area contributed by atoms with Crippen LogP contribution in [-0.4, -0.2) is 6.04 Å². The molecule has 4 N–H and O–H groups in total. The lowest BCUT2D eigenvalue weighted by Crippen LogP contribution is -2.38. The molecule has 0 aliphatic rings. The summed E-state index contributed by atoms with van der Waals surface area (Å²) in [5, 5.41) is 0. The molecule has 0 unspecified atom stereocenters. The van der Waals surface area contributed by atoms with Gasteiger partial charge < -0.3 is 15.9 Å². The third-order valence-corrected chi connectivity index (χ3v) is 2.06. The Morgan fingerprint density at radius 1 is 1.33 bits per heavy atom. The first-order valence-corrected chi connectivity index (χ1v) is 4.17. The maximum absolute atomic E-state index is 5.87. The van der Waals surface area contributed by atoms with Crippen molar-refractivity contribution in [1.29, 1.82) is 0 Å². The summed E-state index contributed by atoms with van der Waals surface area (Å²) >= 11 is 0. The summed E-state index contributed by atoms with van der Waals surface area (Å²) < 4.78 is 5.16. The summed E-state index contributed by atoms with van der Waals surface area (Å²) in [5.74, 6) is 1.13. The van der Waals surface area contributed by atoms with E-state index in [1.807, 2.05) is 26.0 Å². The number of hydrogen-bond donors (Lipinski definition) is 2. The lowest BCUT2D eigenvalue weighted by atomic mass is 9.96. The second-order valence-electron chi connectivity index (χ2n) is 3.36. The SMILES string of the molecule is CC(C)[C@H](N)[C@@H](N)c1ccco1. The van der Waals surface area contributed by atoms with Crippen molar-refractivity contribution in [1.82, 2.24) is 0 Å². The molecule has 0 aliphatic heterocycles. The largest absolute Gasteiger partial charge is 0.468 e. The van der Waals surface area contributed by atoms with Crippen LogP contribution in [0.2, 0.25) is 0 Å². The number of hydrogen-bond acceptors (Lipinski definition) is 3. The molecule has 3 nitrogen and oxygen atoms in total. The first-order chi connectivity index (χ1) is 5.63. The van der Waals surface area contributed by atoms with Gasteiger partial charge in [0.05, 0.1) is 12.3 Å². The van der Waals surface area contributed by atoms with Crippen LogP contribution >= 0.6 is 0 Å². The summed E-state index contributed by atoms with van der Waals surface area (Å²) in [5.41, 5.74) is 11.7. The Hall–Kier alpha value is -0.800. The van der Waals surface area contributed by atoms with Gasteiger partial charge >= 0.3 is 0 Å². The maximum atomic E-state index is 5.87. The smallest absolute Gasteiger partial charge is 0.122 e. The quantitative estimate of drug-likeness (QED) is 0.714. The number of furan rings is 1. The number of nitrogens with two attached hydrogens (primary N) is 2. The van der Waals surface area contributed by atoms with Crippen LogP contribution in [0.4, 0.5) is 0 Å². The van der Waals surface area contributed by atoms with Gasteiger partial charge in [0, 0.05) is 6.04 Å². The molecule has 0 saturated carbocycles. The van der Waals surface area contributed by atoms with Crippen LogP contribution in [0.3, 0.4) is 0 Å². The van der Waals surface area contributed by atoms with Gasteiger partial charge in [0.25, 0.3) is 0 Å². The summed E-state index contributed by atoms with van der Waals surface area (Å²) in [7, 11) is 0. The van der Waals surface area contributed by atoms with Gasteiger partial charge in [-0.25, -0.2) is 0 Å². The molecule has 1 aromatic heterocycles. The standard InChI is InChI=1S/C9H16N2O/c1-6(2)8(10)9(11)7-4-3-5-12-7/h3-6,8-9H,10-11H2,1-2H3/t8-,9-/m0/s1. The fourth-order valence-corrected chi connectivity index (χ4v) is 1.09. The molecule has 2 atom stereocenters. The average molecular weight is 168 g/mol. The Morgan fingerprint density at radius 3 is 2.42 bits per heavy atom. The lowest BCUT2D eigenvalue weighted by molar-refractivity contribution is 0.366. The predicted molar refractivity (Wildman–Crippen MR) is 48.4 cm³/mol. The molecule has 68 valence electrons. The van der Waals surface area contributed by atoms with Crippen LogP contribution in [0.25, 0.3) is 0 Å². The molecule has 0 bridgehead atoms. The van der Waals surface area contributed by atoms with E-state index in [1.54, 1.807) is 6.26 Å². The van der Waals surface area contributed by atoms with Gasteiger partial charge in [-0.2, -0.15) is 0 Å². The van der Waals surface area contributed by atoms with Crippen LogP contribution in [-0.2, 0) is 0 Å². The minimum absolute atomic E-state index is 0.0452. The third kappa shape index (κ3) is 1.87. The highest BCUT2D eigenvalue weighted by Gasteiger charge is 2.20. The Morgan fingerprint density at radius 2 is 2.00 bits per heavy atom. The monoisotopic (exact) mass is 168 g/mol. The molecule has 0 radical (unpaired) electrons. The van der Waals surface area contributed by atoms with Gasteiger partial charge in [0.15, 0.2) is 0 Å². The van der Waals surface area contributed by atoms with Crippen LogP contribution in [0.15, 0.2) is 22.8 Å². The molecule has 0 aliphatic carbocycles. The van der Waals surface area contributed by atoms with Crippen LogP contribution in [0.5, 0.6) is 0 Å². The van der Waals surface area contributed by atoms with Crippen molar-refractivity contribution in [3.05, 3.63) is 24.2 Å². The molecule has 0 saturated heterocycles. The van der Waals surface area contributed by atoms with Gasteiger partial charge in [0.2, 0.25) is 0 Å². The van der Waals surface area contributed by atoms with Gasteiger partial charge in [-0.15, -0.1) is 0 Å². The summed E-state index contributed by atoms with van der Waals surface area (Å²) in [4.78, 5) is 0. The second-order valence-corrected chi connectivity index (χ2v) is 3.36. The normalized spacial score (nSPS) is 16.4. The summed E-state index contributed by atoms with van der Waals surface area (Å²) in [6.45, 7) is 4.10. The molecule has 0 fully saturated rings. The molecule has 12 heavy (non-hydrogen) atoms. The Labute approximate surface area is 72.7 Å². The topological polar surface area (TPSA) is 65.2 Å². The van der Waals surface area contributed by atoms with E-state index >= 15 is 0 Å². The van der Waals surface area contributed by atoms with E-state index in [2.05, 4.69) is 0 Å². The van der Waals surface area contributed by atoms with E-state index in [0.29, 0.717) is 5.92 Å². The first-order valence-electron chi connectivity index (χ1n) is 4.17. The van der Waals surface area contributed by atoms with Crippen LogP contribution in [0, 0.1) is 5.92 Å². The zero-order chi connectivity index (χ0) is 9.14. The van der Waals surface area contributed by atoms with Crippen molar-refractivity contribution in [2.24, 2.45) is 17.4 Å². The maximum Gasteiger partial charge on any atom is 0.122 e. The van der Waals surface area contributed by atoms with Crippen LogP contribution in [0.1, 0.15) is 25.6 Å². The number of rotatable bonds is 3. The second kappa shape index (κ2) is 3.74. The highest BCUT2D eigenvalue weighted by molar-refractivity contribution is 5.06. The highest BCUT2D eigenvalue weighted by Crippen LogP contribution is 2.17. The van der Waals surface area contributed by atoms with Crippen molar-refractivity contribution in [3.63, 3.8) is 0 Å². The molecule has 3 heteroatoms. The Balaban J connectivity index is 2.65. The first kappa shape index (κ1) is 9.29. The molecule has 1 aromatic rings. The van der Waals surface area contributed by atoms with Gasteiger partial charge in [-0.1, -0.05) is 13.8 Å². The zero-order valence-corrected chi connectivity index (χ0v) is 7.53. The Kier molecular flexibility index (Phi) is 2.89. The van der Waals surface area contributed by atoms with E-state index in [0.717, 1.165) is 5.76 Å². The van der Waals surface area contributed by atoms with Crippen molar-refractivity contribution in [2.45, 2.75) is 25.9 Å². The molecule has 0 aromatic carbocycles. The molecular weight excluding hydrogens is 152 g/mol. The van der Waals surface area contributed by atoms with Crippen LogP contribution < -0.4 is 11.5 Å². The molecule has 1 heterocycles. The predicted octanol–water partition coefficient (Wildman–Crippen LogP) is 1.26. The lowest BCUT2D eigenvalue weighted by Gasteiger charge is -2.21. The van der Waals surface area contributed by atoms with E-state index in [4.69, 9.17) is 15.9 Å². The van der Waals surface area contributed by atoms with E-state index < -0.39 is 0 Å². The van der Waals surface area contributed by atoms with E-state index in [-0.39, 0.29) is 12.1 Å². The molecule has 1 rings (SSSR count). The van der Waals surface area contributed by atoms with Gasteiger partial charge in [-0.05, 0) is 18.1 Å². The Bertz CT molecular complexity index is 218. The molecule has 0 spiro atoms. The summed E-state index contributed by atoms with van der Waals surface area (Å²) in [6.07, 6.45) is 1.61. The van der Waals surface area contributed by atoms with Gasteiger partial charge in [-0.3, -0.25) is 0 Å². The zero-order valence-electron chi connectivity index (χ0n) is 7.53. The van der Waals surface area contributed by atoms with E-state index in [1.165, 1.54) is 0 Å². The minimum Gasteiger partial charge on any atom is -0.468 e. The molecular formula is C9H16N2O. The highest BCUT2D eigenvalue weighted by atomic mass is 16.3. The fourth-order valence-electron chi connectivity index (χ4n) is 1.09. The fraction of sp³-hybridized carbons (Fsp3) is 0.556. The average Bonchev–Trinajstić information content (AvgIpc) is 2.53. The van der Waals surface area contributed by atoms with Crippen molar-refractivity contribution in [3.8, 4) is 0 Å². The van der Waals surface area contributed by atoms with Crippen molar-refractivity contribution >= 4 is 0 Å². The van der Waals surface area contributed by atoms with E-state index in [9.17, 15) is 0 Å². The van der Waals surface area contributed by atoms with Gasteiger partial charge in [0.1, 0.15) is 5.76 Å². The van der Waals surface area contributed by atoms with Crippen molar-refractivity contribution < 1.29 is 4.42 Å². The minimum atomic E-state index is -0.194.